The number of hydrogen-bond acceptors (Lipinski definition) is 11. The normalized spacial score (nSPS) is 10.8. The van der Waals surface area contributed by atoms with Gasteiger partial charge in [0.15, 0.2) is 0 Å². The summed E-state index contributed by atoms with van der Waals surface area (Å²) in [5.74, 6) is 3.12. The van der Waals surface area contributed by atoms with E-state index in [0.717, 1.165) is 17.2 Å². The molecule has 1 N–H and O–H groups in total. The minimum Gasteiger partial charge on any atom is -0.396 e. The van der Waals surface area contributed by atoms with Crippen LogP contribution in [-0.2, 0) is 14.2 Å². The van der Waals surface area contributed by atoms with Crippen LogP contribution < -0.4 is 0 Å². The van der Waals surface area contributed by atoms with Gasteiger partial charge >= 0.3 is 0 Å². The highest BCUT2D eigenvalue weighted by molar-refractivity contribution is 8.14. The van der Waals surface area contributed by atoms with Crippen LogP contribution in [0.25, 0.3) is 0 Å². The fourth-order valence-corrected chi connectivity index (χ4v) is 5.61. The molecule has 0 heterocycles. The van der Waals surface area contributed by atoms with Gasteiger partial charge in [0, 0.05) is 46.4 Å². The first-order valence-electron chi connectivity index (χ1n) is 20.3. The highest BCUT2D eigenvalue weighted by atomic mass is 35.5. The molecule has 0 saturated heterocycles. The topological polar surface area (TPSA) is 130 Å². The van der Waals surface area contributed by atoms with Crippen molar-refractivity contribution in [1.82, 2.24) is 0 Å². The third kappa shape index (κ3) is 54.2. The molecule has 8 nitrogen and oxygen atoms in total. The monoisotopic (exact) mass is 932 g/mol. The largest absolute Gasteiger partial charge is 0.396 e. The van der Waals surface area contributed by atoms with Gasteiger partial charge in [0.05, 0.1) is 60.7 Å². The minimum absolute atomic E-state index is 0.0609. The summed E-state index contributed by atoms with van der Waals surface area (Å²) in [5.41, 5.74) is 1.03. The number of benzene rings is 2. The lowest BCUT2D eigenvalue weighted by Crippen LogP contribution is -2.20. The molecule has 0 aromatic heterocycles. The van der Waals surface area contributed by atoms with Crippen LogP contribution in [0.1, 0.15) is 144 Å². The van der Waals surface area contributed by atoms with E-state index in [9.17, 15) is 9.59 Å². The van der Waals surface area contributed by atoms with Crippen LogP contribution in [0.4, 0.5) is 0 Å². The molecule has 0 aliphatic carbocycles. The molecule has 60 heavy (non-hydrogen) atoms. The van der Waals surface area contributed by atoms with Crippen LogP contribution in [0.5, 0.6) is 0 Å². The molecular formula is C47H78Cl2N2O6S3. The van der Waals surface area contributed by atoms with E-state index in [2.05, 4.69) is 40.7 Å². The van der Waals surface area contributed by atoms with Crippen molar-refractivity contribution in [3.05, 3.63) is 69.7 Å². The van der Waals surface area contributed by atoms with Crippen molar-refractivity contribution in [2.75, 3.05) is 43.7 Å². The highest BCUT2D eigenvalue weighted by Gasteiger charge is 2.14. The number of carbonyl (C=O) groups is 2. The van der Waals surface area contributed by atoms with Gasteiger partial charge in [-0.2, -0.15) is 22.3 Å². The number of hydrogen-bond donors (Lipinski definition) is 1. The molecule has 13 heteroatoms. The van der Waals surface area contributed by atoms with E-state index in [0.29, 0.717) is 65.0 Å². The van der Waals surface area contributed by atoms with Gasteiger partial charge in [0.1, 0.15) is 0 Å². The van der Waals surface area contributed by atoms with Gasteiger partial charge in [-0.05, 0) is 90.2 Å². The van der Waals surface area contributed by atoms with E-state index in [1.807, 2.05) is 124 Å². The summed E-state index contributed by atoms with van der Waals surface area (Å²) in [7, 11) is 0. The van der Waals surface area contributed by atoms with E-state index >= 15 is 0 Å². The smallest absolute Gasteiger partial charge is 0.220 e. The molecule has 0 radical (unpaired) electrons. The number of aliphatic hydroxyl groups excluding tert-OH is 1. The molecule has 0 amide bonds. The lowest BCUT2D eigenvalue weighted by Gasteiger charge is -2.19. The predicted molar refractivity (Wildman–Crippen MR) is 264 cm³/mol. The lowest BCUT2D eigenvalue weighted by molar-refractivity contribution is 0.00656. The van der Waals surface area contributed by atoms with Gasteiger partial charge in [-0.3, -0.25) is 9.59 Å². The van der Waals surface area contributed by atoms with Crippen LogP contribution in [0.2, 0.25) is 10.0 Å². The van der Waals surface area contributed by atoms with Crippen molar-refractivity contribution in [1.29, 1.82) is 10.5 Å². The number of rotatable bonds is 14. The summed E-state index contributed by atoms with van der Waals surface area (Å²) in [4.78, 5) is 23.6. The van der Waals surface area contributed by atoms with Crippen LogP contribution in [0.3, 0.4) is 0 Å². The summed E-state index contributed by atoms with van der Waals surface area (Å²) >= 11 is 16.1. The van der Waals surface area contributed by atoms with Crippen molar-refractivity contribution in [2.45, 2.75) is 146 Å². The first-order valence-corrected chi connectivity index (χ1v) is 24.1. The maximum absolute atomic E-state index is 11.9. The molecule has 0 fully saturated rings. The first-order chi connectivity index (χ1) is 27.6. The zero-order valence-corrected chi connectivity index (χ0v) is 43.5. The highest BCUT2D eigenvalue weighted by Crippen LogP contribution is 2.25. The average molecular weight is 934 g/mol. The van der Waals surface area contributed by atoms with Crippen LogP contribution in [0, 0.1) is 34.0 Å². The maximum atomic E-state index is 11.9. The molecule has 0 spiro atoms. The fourth-order valence-electron chi connectivity index (χ4n) is 3.04. The van der Waals surface area contributed by atoms with E-state index in [-0.39, 0.29) is 39.6 Å². The number of ether oxygens (including phenoxy) is 3. The molecule has 2 aromatic carbocycles. The average Bonchev–Trinajstić information content (AvgIpc) is 3.12. The van der Waals surface area contributed by atoms with Crippen molar-refractivity contribution < 1.29 is 28.9 Å². The molecular weight excluding hydrogens is 856 g/mol. The molecule has 0 aliphatic heterocycles. The molecule has 0 aliphatic rings. The Kier molecular flexibility index (Phi) is 42.0. The number of nitrogens with zero attached hydrogens (tertiary/aromatic N) is 2. The molecule has 0 saturated carbocycles. The summed E-state index contributed by atoms with van der Waals surface area (Å²) in [6.07, 6.45) is 1.43. The Morgan fingerprint density at radius 1 is 0.700 bits per heavy atom. The molecule has 0 bridgehead atoms. The Balaban J connectivity index is -0.000000338. The number of halogens is 2. The zero-order chi connectivity index (χ0) is 47.4. The van der Waals surface area contributed by atoms with Gasteiger partial charge in [0.25, 0.3) is 0 Å². The number of aliphatic hydroxyl groups is 1. The SMILES string of the molecule is CC(C)(C)CO.CC(C)(C)OCCSC(=O)c1ccc(Cl)cc1Cl.CC(C)(C)OCCSC(=O)c1ccccc1.CC(C)C.CC(C)OCCC#N.CC(C)SCCC#N. The standard InChI is InChI=1S/C13H16Cl2O2S.C13H18O2S.C6H11NO.C6H11NS.C5H12O.C4H10/c1-13(2,3)17-6-7-18-12(16)10-5-4-9(14)8-11(10)15;1-13(2,3)15-9-10-16-12(14)11-7-5-4-6-8-11;2*1-6(2)8-5-3-4-7;1-5(2,3)4-6;1-4(2)3/h4-5,8H,6-7H2,1-3H3;4-8H,9-10H2,1-3H3;2*6H,3,5H2,1-2H3;6H,4H2,1-3H3;4H,1-3H3. The molecule has 2 aromatic rings. The second-order valence-electron chi connectivity index (χ2n) is 17.3. The lowest BCUT2D eigenvalue weighted by atomic mass is 9.99. The Morgan fingerprint density at radius 3 is 1.52 bits per heavy atom. The van der Waals surface area contributed by atoms with E-state index < -0.39 is 0 Å². The van der Waals surface area contributed by atoms with Gasteiger partial charge in [-0.15, -0.1) is 0 Å². The first kappa shape index (κ1) is 64.9. The van der Waals surface area contributed by atoms with E-state index in [4.69, 9.17) is 53.0 Å². The fraction of sp³-hybridized carbons (Fsp3) is 0.660. The van der Waals surface area contributed by atoms with Crippen LogP contribution in [-0.4, -0.2) is 81.6 Å². The van der Waals surface area contributed by atoms with Crippen molar-refractivity contribution in [3.8, 4) is 12.1 Å². The number of nitriles is 2. The molecule has 2 rings (SSSR count). The van der Waals surface area contributed by atoms with E-state index in [1.165, 1.54) is 23.5 Å². The van der Waals surface area contributed by atoms with Gasteiger partial charge in [-0.25, -0.2) is 0 Å². The van der Waals surface area contributed by atoms with Crippen molar-refractivity contribution >= 4 is 68.7 Å². The summed E-state index contributed by atoms with van der Waals surface area (Å²) in [5, 5.41) is 26.2. The number of carbonyl (C=O) groups excluding carboxylic acids is 2. The second kappa shape index (κ2) is 38.9. The zero-order valence-electron chi connectivity index (χ0n) is 39.6. The Hall–Kier alpha value is -1.77. The Morgan fingerprint density at radius 2 is 1.15 bits per heavy atom. The third-order valence-electron chi connectivity index (χ3n) is 5.67. The minimum atomic E-state index is -0.179. The quantitative estimate of drug-likeness (QED) is 0.182. The molecule has 0 unspecified atom stereocenters. The van der Waals surface area contributed by atoms with Crippen molar-refractivity contribution in [2.24, 2.45) is 11.3 Å². The molecule has 0 atom stereocenters. The number of thioether (sulfide) groups is 3. The van der Waals surface area contributed by atoms with Gasteiger partial charge in [0.2, 0.25) is 10.2 Å². The Labute approximate surface area is 389 Å². The van der Waals surface area contributed by atoms with Gasteiger partial charge in [-0.1, -0.05) is 132 Å². The maximum Gasteiger partial charge on any atom is 0.220 e. The summed E-state index contributed by atoms with van der Waals surface area (Å²) in [6, 6.07) is 18.3. The molecule has 344 valence electrons. The Bertz CT molecular complexity index is 1420. The van der Waals surface area contributed by atoms with Crippen LogP contribution in [0.15, 0.2) is 48.5 Å². The third-order valence-corrected chi connectivity index (χ3v) is 9.04. The summed E-state index contributed by atoms with van der Waals surface area (Å²) < 4.78 is 16.1. The van der Waals surface area contributed by atoms with Gasteiger partial charge < -0.3 is 19.3 Å². The predicted octanol–water partition coefficient (Wildman–Crippen LogP) is 14.1. The summed E-state index contributed by atoms with van der Waals surface area (Å²) in [6.45, 7) is 34.6. The van der Waals surface area contributed by atoms with Crippen LogP contribution >= 0.6 is 58.5 Å². The second-order valence-corrected chi connectivity index (χ2v) is 22.0. The van der Waals surface area contributed by atoms with Crippen molar-refractivity contribution in [3.63, 3.8) is 0 Å². The van der Waals surface area contributed by atoms with E-state index in [1.54, 1.807) is 18.2 Å².